The van der Waals surface area contributed by atoms with Gasteiger partial charge in [0.25, 0.3) is 0 Å². The molecular formula is C14H13N3S. The molecule has 90 valence electrons. The zero-order chi connectivity index (χ0) is 13.0. The Morgan fingerprint density at radius 1 is 0.944 bits per heavy atom. The molecule has 0 atom stereocenters. The van der Waals surface area contributed by atoms with Crippen molar-refractivity contribution in [1.82, 2.24) is 4.98 Å². The smallest absolute Gasteiger partial charge is 0.126 e. The molecule has 0 unspecified atom stereocenters. The predicted molar refractivity (Wildman–Crippen MR) is 80.3 cm³/mol. The van der Waals surface area contributed by atoms with Crippen LogP contribution in [0.15, 0.2) is 60.2 Å². The van der Waals surface area contributed by atoms with Gasteiger partial charge in [-0.25, -0.2) is 4.98 Å². The van der Waals surface area contributed by atoms with Crippen LogP contribution in [-0.2, 0) is 0 Å². The van der Waals surface area contributed by atoms with Gasteiger partial charge in [0.1, 0.15) is 11.6 Å². The van der Waals surface area contributed by atoms with E-state index in [0.717, 1.165) is 11.1 Å². The molecule has 4 heteroatoms. The predicted octanol–water partition coefficient (Wildman–Crippen LogP) is 2.57. The first kappa shape index (κ1) is 12.3. The van der Waals surface area contributed by atoms with Gasteiger partial charge in [-0.15, -0.1) is 0 Å². The second kappa shape index (κ2) is 5.42. The van der Waals surface area contributed by atoms with E-state index < -0.39 is 0 Å². The van der Waals surface area contributed by atoms with Gasteiger partial charge in [0.15, 0.2) is 0 Å². The minimum atomic E-state index is 0.373. The lowest BCUT2D eigenvalue weighted by atomic mass is 10.0. The van der Waals surface area contributed by atoms with Crippen molar-refractivity contribution in [2.45, 2.75) is 0 Å². The average molecular weight is 255 g/mol. The van der Waals surface area contributed by atoms with Crippen molar-refractivity contribution in [3.63, 3.8) is 0 Å². The molecule has 0 radical (unpaired) electrons. The summed E-state index contributed by atoms with van der Waals surface area (Å²) < 4.78 is 0. The average Bonchev–Trinajstić information content (AvgIpc) is 2.26. The summed E-state index contributed by atoms with van der Waals surface area (Å²) in [5, 5.41) is 0. The highest BCUT2D eigenvalue weighted by atomic mass is 32.1. The Kier molecular flexibility index (Phi) is 3.69. The van der Waals surface area contributed by atoms with Gasteiger partial charge in [0.2, 0.25) is 0 Å². The molecule has 0 spiro atoms. The highest BCUT2D eigenvalue weighted by Crippen LogP contribution is 2.16. The van der Waals surface area contributed by atoms with Crippen molar-refractivity contribution in [2.75, 3.05) is 11.5 Å². The lowest BCUT2D eigenvalue weighted by molar-refractivity contribution is 1.34. The summed E-state index contributed by atoms with van der Waals surface area (Å²) in [6.07, 6.45) is 13.6. The Bertz CT molecular complexity index is 575. The number of anilines is 2. The van der Waals surface area contributed by atoms with Crippen molar-refractivity contribution in [3.05, 3.63) is 65.8 Å². The van der Waals surface area contributed by atoms with Crippen LogP contribution in [0.3, 0.4) is 0 Å². The molecule has 1 aliphatic carbocycles. The Morgan fingerprint density at radius 2 is 1.56 bits per heavy atom. The third kappa shape index (κ3) is 2.93. The maximum absolute atomic E-state index is 5.67. The van der Waals surface area contributed by atoms with Gasteiger partial charge >= 0.3 is 0 Å². The highest BCUT2D eigenvalue weighted by Gasteiger charge is 2.07. The molecule has 0 bridgehead atoms. The minimum absolute atomic E-state index is 0.373. The van der Waals surface area contributed by atoms with Crippen LogP contribution >= 0.6 is 12.2 Å². The summed E-state index contributed by atoms with van der Waals surface area (Å²) in [5.41, 5.74) is 13.1. The van der Waals surface area contributed by atoms with Crippen LogP contribution in [0.1, 0.15) is 5.56 Å². The van der Waals surface area contributed by atoms with E-state index in [4.69, 9.17) is 23.7 Å². The first-order valence-electron chi connectivity index (χ1n) is 5.46. The summed E-state index contributed by atoms with van der Waals surface area (Å²) in [5.74, 6) is 0.747. The number of nitrogens with zero attached hydrogens (tertiary/aromatic N) is 1. The molecule has 0 saturated heterocycles. The molecule has 3 nitrogen and oxygen atoms in total. The number of pyridine rings is 1. The quantitative estimate of drug-likeness (QED) is 0.629. The standard InChI is InChI=1S/C14H13N3S/c15-12-8-11(9-13(16)17-12)14(18)10-6-4-2-1-3-5-7-10/h1-9H,(H4,15,16,17)/b2-1-,3-1?,4-2?,5-3-,6-4?,7-5?,10-6?,10-7?. The lowest BCUT2D eigenvalue weighted by Crippen LogP contribution is -2.04. The number of nitrogens with two attached hydrogens (primary N) is 2. The maximum Gasteiger partial charge on any atom is 0.126 e. The van der Waals surface area contributed by atoms with E-state index in [0.29, 0.717) is 16.5 Å². The highest BCUT2D eigenvalue weighted by molar-refractivity contribution is 7.81. The van der Waals surface area contributed by atoms with Gasteiger partial charge in [0.05, 0.1) is 4.86 Å². The van der Waals surface area contributed by atoms with Gasteiger partial charge in [0, 0.05) is 5.56 Å². The first-order valence-corrected chi connectivity index (χ1v) is 5.87. The first-order chi connectivity index (χ1) is 8.66. The number of allylic oxidation sites excluding steroid dienone is 8. The molecular weight excluding hydrogens is 242 g/mol. The maximum atomic E-state index is 5.67. The zero-order valence-corrected chi connectivity index (χ0v) is 10.5. The summed E-state index contributed by atoms with van der Waals surface area (Å²) in [7, 11) is 0. The summed E-state index contributed by atoms with van der Waals surface area (Å²) in [6, 6.07) is 3.46. The van der Waals surface area contributed by atoms with Crippen molar-refractivity contribution in [2.24, 2.45) is 0 Å². The lowest BCUT2D eigenvalue weighted by Gasteiger charge is -2.07. The molecule has 0 saturated carbocycles. The van der Waals surface area contributed by atoms with Crippen LogP contribution < -0.4 is 11.5 Å². The molecule has 0 amide bonds. The van der Waals surface area contributed by atoms with Crippen molar-refractivity contribution >= 4 is 28.7 Å². The van der Waals surface area contributed by atoms with Gasteiger partial charge in [-0.2, -0.15) is 0 Å². The second-order valence-electron chi connectivity index (χ2n) is 3.79. The Balaban J connectivity index is 2.36. The van der Waals surface area contributed by atoms with E-state index in [2.05, 4.69) is 4.98 Å². The van der Waals surface area contributed by atoms with Crippen LogP contribution in [0, 0.1) is 0 Å². The number of rotatable bonds is 2. The Labute approximate surface area is 111 Å². The third-order valence-corrected chi connectivity index (χ3v) is 2.86. The van der Waals surface area contributed by atoms with Crippen LogP contribution in [0.5, 0.6) is 0 Å². The zero-order valence-electron chi connectivity index (χ0n) is 9.71. The molecule has 1 aromatic rings. The SMILES string of the molecule is Nc1cc(C(=S)C2=C/C=C\C=C/C=C2)cc(N)n1. The third-order valence-electron chi connectivity index (χ3n) is 2.39. The van der Waals surface area contributed by atoms with E-state index in [-0.39, 0.29) is 0 Å². The van der Waals surface area contributed by atoms with Crippen molar-refractivity contribution < 1.29 is 0 Å². The number of nitrogen functional groups attached to an aromatic ring is 2. The van der Waals surface area contributed by atoms with Gasteiger partial charge in [-0.05, 0) is 17.7 Å². The Morgan fingerprint density at radius 3 is 2.28 bits per heavy atom. The molecule has 2 rings (SSSR count). The monoisotopic (exact) mass is 255 g/mol. The molecule has 4 N–H and O–H groups in total. The van der Waals surface area contributed by atoms with E-state index in [1.54, 1.807) is 12.1 Å². The number of aromatic nitrogens is 1. The van der Waals surface area contributed by atoms with Crippen molar-refractivity contribution in [1.29, 1.82) is 0 Å². The van der Waals surface area contributed by atoms with E-state index >= 15 is 0 Å². The molecule has 0 aliphatic heterocycles. The van der Waals surface area contributed by atoms with Crippen LogP contribution in [0.25, 0.3) is 0 Å². The normalized spacial score (nSPS) is 17.4. The minimum Gasteiger partial charge on any atom is -0.384 e. The van der Waals surface area contributed by atoms with Gasteiger partial charge in [-0.1, -0.05) is 54.8 Å². The van der Waals surface area contributed by atoms with Crippen LogP contribution in [0.2, 0.25) is 0 Å². The fourth-order valence-electron chi connectivity index (χ4n) is 1.59. The summed E-state index contributed by atoms with van der Waals surface area (Å²) in [6.45, 7) is 0. The van der Waals surface area contributed by atoms with E-state index in [9.17, 15) is 0 Å². The summed E-state index contributed by atoms with van der Waals surface area (Å²) in [4.78, 5) is 4.63. The second-order valence-corrected chi connectivity index (χ2v) is 4.19. The topological polar surface area (TPSA) is 64.9 Å². The largest absolute Gasteiger partial charge is 0.384 e. The molecule has 1 heterocycles. The van der Waals surface area contributed by atoms with Gasteiger partial charge < -0.3 is 11.5 Å². The molecule has 1 aliphatic rings. The van der Waals surface area contributed by atoms with Gasteiger partial charge in [-0.3, -0.25) is 0 Å². The van der Waals surface area contributed by atoms with Crippen LogP contribution in [0.4, 0.5) is 11.6 Å². The fraction of sp³-hybridized carbons (Fsp3) is 0. The summed E-state index contributed by atoms with van der Waals surface area (Å²) >= 11 is 5.45. The number of hydrogen-bond donors (Lipinski definition) is 2. The van der Waals surface area contributed by atoms with E-state index in [1.807, 2.05) is 42.5 Å². The van der Waals surface area contributed by atoms with Crippen LogP contribution in [-0.4, -0.2) is 9.85 Å². The number of hydrogen-bond acceptors (Lipinski definition) is 4. The fourth-order valence-corrected chi connectivity index (χ4v) is 1.84. The molecule has 0 fully saturated rings. The number of thiocarbonyl (C=S) groups is 1. The molecule has 0 aromatic carbocycles. The molecule has 18 heavy (non-hydrogen) atoms. The Hall–Kier alpha value is -2.20. The molecule has 1 aromatic heterocycles. The van der Waals surface area contributed by atoms with Crippen molar-refractivity contribution in [3.8, 4) is 0 Å². The van der Waals surface area contributed by atoms with E-state index in [1.165, 1.54) is 0 Å².